The maximum absolute atomic E-state index is 13.1. The van der Waals surface area contributed by atoms with E-state index >= 15 is 0 Å². The van der Waals surface area contributed by atoms with Crippen LogP contribution < -0.4 is 15.2 Å². The molecule has 1 aromatic heterocycles. The number of aromatic nitrogens is 2. The maximum atomic E-state index is 13.1. The van der Waals surface area contributed by atoms with Crippen molar-refractivity contribution in [2.45, 2.75) is 95.4 Å². The summed E-state index contributed by atoms with van der Waals surface area (Å²) < 4.78 is 12.1. The van der Waals surface area contributed by atoms with E-state index in [-0.39, 0.29) is 29.3 Å². The number of ether oxygens (including phenoxy) is 2. The van der Waals surface area contributed by atoms with Crippen molar-refractivity contribution in [3.05, 3.63) is 84.8 Å². The zero-order valence-electron chi connectivity index (χ0n) is 26.2. The van der Waals surface area contributed by atoms with Gasteiger partial charge in [0.05, 0.1) is 0 Å². The van der Waals surface area contributed by atoms with Gasteiger partial charge in [-0.2, -0.15) is 4.98 Å². The second kappa shape index (κ2) is 16.2. The van der Waals surface area contributed by atoms with Crippen LogP contribution in [0.3, 0.4) is 0 Å². The van der Waals surface area contributed by atoms with Crippen molar-refractivity contribution in [2.24, 2.45) is 11.7 Å². The monoisotopic (exact) mass is 610 g/mol. The highest BCUT2D eigenvalue weighted by atomic mass is 16.5. The van der Waals surface area contributed by atoms with Gasteiger partial charge in [0.25, 0.3) is 5.91 Å². The number of carbonyl (C=O) groups is 2. The smallest absolute Gasteiger partial charge is 0.255 e. The highest BCUT2D eigenvalue weighted by molar-refractivity contribution is 5.94. The molecular weight excluding hydrogens is 564 g/mol. The Balaban J connectivity index is 1.39. The highest BCUT2D eigenvalue weighted by Gasteiger charge is 2.33. The van der Waals surface area contributed by atoms with Crippen LogP contribution in [0.4, 0.5) is 0 Å². The van der Waals surface area contributed by atoms with Crippen LogP contribution in [-0.4, -0.2) is 39.3 Å². The fourth-order valence-electron chi connectivity index (χ4n) is 6.75. The average molecular weight is 611 g/mol. The number of primary amides is 1. The quantitative estimate of drug-likeness (QED) is 0.270. The second-order valence-electron chi connectivity index (χ2n) is 12.4. The largest absolute Gasteiger partial charge is 0.457 e. The van der Waals surface area contributed by atoms with Crippen molar-refractivity contribution in [1.29, 1.82) is 0 Å². The number of carbonyl (C=O) groups excluding carboxylic acids is 2. The minimum Gasteiger partial charge on any atom is -0.457 e. The third-order valence-electron chi connectivity index (χ3n) is 9.16. The molecule has 1 saturated heterocycles. The van der Waals surface area contributed by atoms with Gasteiger partial charge in [-0.1, -0.05) is 76.1 Å². The summed E-state index contributed by atoms with van der Waals surface area (Å²) in [5.74, 6) is 2.55. The lowest BCUT2D eigenvalue weighted by molar-refractivity contribution is -0.128. The van der Waals surface area contributed by atoms with E-state index in [2.05, 4.69) is 11.6 Å². The van der Waals surface area contributed by atoms with Gasteiger partial charge >= 0.3 is 0 Å². The molecule has 8 heteroatoms. The molecule has 0 radical (unpaired) electrons. The summed E-state index contributed by atoms with van der Waals surface area (Å²) in [4.78, 5) is 37.0. The highest BCUT2D eigenvalue weighted by Crippen LogP contribution is 2.39. The van der Waals surface area contributed by atoms with Crippen molar-refractivity contribution in [1.82, 2.24) is 14.9 Å². The van der Waals surface area contributed by atoms with Crippen LogP contribution in [0.5, 0.6) is 23.1 Å². The third-order valence-corrected chi connectivity index (χ3v) is 9.16. The summed E-state index contributed by atoms with van der Waals surface area (Å²) in [6, 6.07) is 16.8. The van der Waals surface area contributed by atoms with Gasteiger partial charge in [0.15, 0.2) is 0 Å². The average Bonchev–Trinajstić information content (AvgIpc) is 3.27. The van der Waals surface area contributed by atoms with Gasteiger partial charge in [0, 0.05) is 24.7 Å². The molecule has 2 aliphatic rings. The van der Waals surface area contributed by atoms with Gasteiger partial charge in [-0.05, 0) is 80.5 Å². The number of hydrogen-bond donors (Lipinski definition) is 1. The molecule has 1 saturated carbocycles. The van der Waals surface area contributed by atoms with Crippen LogP contribution in [0.2, 0.25) is 0 Å². The number of hydrogen-bond acceptors (Lipinski definition) is 6. The number of fused-ring (bicyclic) bond motifs is 3. The Labute approximate surface area is 267 Å². The first kappa shape index (κ1) is 32.2. The molecule has 3 atom stereocenters. The summed E-state index contributed by atoms with van der Waals surface area (Å²) >= 11 is 0. The second-order valence-corrected chi connectivity index (χ2v) is 12.4. The number of para-hydroxylation sites is 1. The number of benzene rings is 2. The Morgan fingerprint density at radius 1 is 0.800 bits per heavy atom. The van der Waals surface area contributed by atoms with Gasteiger partial charge < -0.3 is 20.1 Å². The Morgan fingerprint density at radius 2 is 1.44 bits per heavy atom. The lowest BCUT2D eigenvalue weighted by Gasteiger charge is -2.32. The van der Waals surface area contributed by atoms with E-state index in [0.717, 1.165) is 50.8 Å². The van der Waals surface area contributed by atoms with Gasteiger partial charge in [-0.3, -0.25) is 9.59 Å². The molecule has 45 heavy (non-hydrogen) atoms. The standard InChI is InChI=1S/C37H46N4O4/c1-2-34(42)41-23-13-8-6-4-3-5-7-10-14-27-17-18-29(41)25-28(24-27)36-39-26-33(35(38)43)37(40-36)45-32-21-19-31(20-22-32)44-30-15-11-9-12-16-30/h2,9,11-12,15-16,19-22,26-29H,1,3-8,10,13-14,17-18,23-25H2,(H2,38,43). The van der Waals surface area contributed by atoms with Gasteiger partial charge in [-0.15, -0.1) is 0 Å². The molecule has 5 rings (SSSR count). The van der Waals surface area contributed by atoms with Gasteiger partial charge in [0.2, 0.25) is 11.8 Å². The van der Waals surface area contributed by atoms with Crippen molar-refractivity contribution in [3.63, 3.8) is 0 Å². The molecule has 2 heterocycles. The van der Waals surface area contributed by atoms with E-state index < -0.39 is 5.91 Å². The van der Waals surface area contributed by atoms with Crippen molar-refractivity contribution < 1.29 is 19.1 Å². The number of nitrogens with zero attached hydrogens (tertiary/aromatic N) is 3. The molecule has 0 spiro atoms. The van der Waals surface area contributed by atoms with E-state index in [1.54, 1.807) is 24.3 Å². The molecule has 1 aliphatic carbocycles. The third kappa shape index (κ3) is 9.16. The summed E-state index contributed by atoms with van der Waals surface area (Å²) in [5.41, 5.74) is 5.85. The normalized spacial score (nSPS) is 21.5. The summed E-state index contributed by atoms with van der Waals surface area (Å²) in [5, 5.41) is 0. The fourth-order valence-corrected chi connectivity index (χ4v) is 6.75. The number of rotatable bonds is 7. The molecule has 2 aromatic carbocycles. The molecule has 3 aromatic rings. The summed E-state index contributed by atoms with van der Waals surface area (Å²) in [6.45, 7) is 4.55. The zero-order valence-corrected chi connectivity index (χ0v) is 26.2. The van der Waals surface area contributed by atoms with Crippen LogP contribution in [0.25, 0.3) is 0 Å². The Hall–Kier alpha value is -4.20. The molecule has 8 nitrogen and oxygen atoms in total. The van der Waals surface area contributed by atoms with Crippen LogP contribution in [-0.2, 0) is 4.79 Å². The minimum absolute atomic E-state index is 0.00442. The molecule has 2 bridgehead atoms. The predicted octanol–water partition coefficient (Wildman–Crippen LogP) is 8.34. The maximum Gasteiger partial charge on any atom is 0.255 e. The summed E-state index contributed by atoms with van der Waals surface area (Å²) in [6.07, 6.45) is 17.5. The molecule has 2 amide bonds. The van der Waals surface area contributed by atoms with E-state index in [9.17, 15) is 9.59 Å². The van der Waals surface area contributed by atoms with Gasteiger partial charge in [-0.25, -0.2) is 4.98 Å². The summed E-state index contributed by atoms with van der Waals surface area (Å²) in [7, 11) is 0. The number of amides is 2. The molecule has 2 fully saturated rings. The molecule has 3 unspecified atom stereocenters. The van der Waals surface area contributed by atoms with Crippen LogP contribution in [0.1, 0.15) is 106 Å². The SMILES string of the molecule is C=CC(=O)N1CCCCCCCCCCC2CCC1CC(c1ncc(C(N)=O)c(Oc3ccc(Oc4ccccc4)cc3)n1)C2. The predicted molar refractivity (Wildman–Crippen MR) is 176 cm³/mol. The molecular formula is C37H46N4O4. The van der Waals surface area contributed by atoms with Crippen molar-refractivity contribution >= 4 is 11.8 Å². The van der Waals surface area contributed by atoms with Crippen molar-refractivity contribution in [2.75, 3.05) is 6.54 Å². The lowest BCUT2D eigenvalue weighted by Crippen LogP contribution is -2.40. The molecule has 238 valence electrons. The van der Waals surface area contributed by atoms with Crippen molar-refractivity contribution in [3.8, 4) is 23.1 Å². The first-order chi connectivity index (χ1) is 22.0. The van der Waals surface area contributed by atoms with Crippen LogP contribution in [0, 0.1) is 5.92 Å². The Kier molecular flexibility index (Phi) is 11.6. The van der Waals surface area contributed by atoms with Gasteiger partial charge in [0.1, 0.15) is 28.6 Å². The minimum atomic E-state index is -0.651. The lowest BCUT2D eigenvalue weighted by atomic mass is 9.88. The fraction of sp³-hybridized carbons (Fsp3) is 0.459. The van der Waals surface area contributed by atoms with Crippen LogP contribution in [0.15, 0.2) is 73.4 Å². The van der Waals surface area contributed by atoms with E-state index in [4.69, 9.17) is 20.2 Å². The van der Waals surface area contributed by atoms with E-state index in [1.165, 1.54) is 57.2 Å². The van der Waals surface area contributed by atoms with Crippen LogP contribution >= 0.6 is 0 Å². The molecule has 2 N–H and O–H groups in total. The zero-order chi connectivity index (χ0) is 31.4. The first-order valence-corrected chi connectivity index (χ1v) is 16.6. The molecule has 1 aliphatic heterocycles. The van der Waals surface area contributed by atoms with E-state index in [1.807, 2.05) is 35.2 Å². The van der Waals surface area contributed by atoms with E-state index in [0.29, 0.717) is 23.2 Å². The topological polar surface area (TPSA) is 108 Å². The number of nitrogens with two attached hydrogens (primary N) is 1. The Bertz CT molecular complexity index is 1410. The Morgan fingerprint density at radius 3 is 2.13 bits per heavy atom. The first-order valence-electron chi connectivity index (χ1n) is 16.6.